The van der Waals surface area contributed by atoms with Crippen LogP contribution in [-0.4, -0.2) is 29.2 Å². The molecular weight excluding hydrogens is 450 g/mol. The Morgan fingerprint density at radius 1 is 1.00 bits per heavy atom. The second-order valence-electron chi connectivity index (χ2n) is 8.54. The minimum Gasteiger partial charge on any atom is -0.348 e. The molecule has 34 heavy (non-hydrogen) atoms. The normalized spacial score (nSPS) is 15.3. The van der Waals surface area contributed by atoms with Gasteiger partial charge in [-0.2, -0.15) is 0 Å². The van der Waals surface area contributed by atoms with Gasteiger partial charge in [-0.05, 0) is 48.4 Å². The molecule has 0 bridgehead atoms. The molecule has 6 nitrogen and oxygen atoms in total. The van der Waals surface area contributed by atoms with Gasteiger partial charge in [-0.1, -0.05) is 59.6 Å². The van der Waals surface area contributed by atoms with E-state index in [9.17, 15) is 14.4 Å². The van der Waals surface area contributed by atoms with E-state index in [1.807, 2.05) is 43.3 Å². The Morgan fingerprint density at radius 2 is 1.71 bits per heavy atom. The standard InChI is InChI=1S/C27H26ClN3O3/c1-18-5-7-20(8-6-18)16-31-17-22(14-25(31)32)27(34)30-24-4-2-3-21(13-24)26(33)29-15-19-9-11-23(28)12-10-19/h2-13,22H,14-17H2,1H3,(H,29,33)(H,30,34). The Hall–Kier alpha value is -3.64. The highest BCUT2D eigenvalue weighted by Crippen LogP contribution is 2.22. The van der Waals surface area contributed by atoms with E-state index in [4.69, 9.17) is 11.6 Å². The Balaban J connectivity index is 1.32. The lowest BCUT2D eigenvalue weighted by Crippen LogP contribution is -2.28. The number of hydrogen-bond acceptors (Lipinski definition) is 3. The van der Waals surface area contributed by atoms with Crippen LogP contribution in [0.4, 0.5) is 5.69 Å². The van der Waals surface area contributed by atoms with Gasteiger partial charge in [0.25, 0.3) is 5.91 Å². The van der Waals surface area contributed by atoms with Gasteiger partial charge in [-0.15, -0.1) is 0 Å². The van der Waals surface area contributed by atoms with E-state index in [-0.39, 0.29) is 24.1 Å². The largest absolute Gasteiger partial charge is 0.348 e. The van der Waals surface area contributed by atoms with Crippen LogP contribution in [0.5, 0.6) is 0 Å². The third-order valence-electron chi connectivity index (χ3n) is 5.84. The molecule has 0 saturated carbocycles. The molecule has 0 aliphatic carbocycles. The number of halogens is 1. The van der Waals surface area contributed by atoms with Crippen molar-refractivity contribution < 1.29 is 14.4 Å². The predicted molar refractivity (Wildman–Crippen MR) is 132 cm³/mol. The summed E-state index contributed by atoms with van der Waals surface area (Å²) < 4.78 is 0. The zero-order chi connectivity index (χ0) is 24.1. The van der Waals surface area contributed by atoms with Crippen molar-refractivity contribution in [1.82, 2.24) is 10.2 Å². The molecule has 7 heteroatoms. The van der Waals surface area contributed by atoms with E-state index in [1.165, 1.54) is 0 Å². The topological polar surface area (TPSA) is 78.5 Å². The monoisotopic (exact) mass is 475 g/mol. The maximum atomic E-state index is 12.8. The van der Waals surface area contributed by atoms with Gasteiger partial charge in [0.05, 0.1) is 5.92 Å². The summed E-state index contributed by atoms with van der Waals surface area (Å²) >= 11 is 5.89. The summed E-state index contributed by atoms with van der Waals surface area (Å²) in [6, 6.07) is 22.0. The highest BCUT2D eigenvalue weighted by Gasteiger charge is 2.34. The molecule has 174 valence electrons. The van der Waals surface area contributed by atoms with Gasteiger partial charge in [-0.25, -0.2) is 0 Å². The van der Waals surface area contributed by atoms with Crippen LogP contribution in [0.25, 0.3) is 0 Å². The van der Waals surface area contributed by atoms with Gasteiger partial charge < -0.3 is 15.5 Å². The molecule has 0 aromatic heterocycles. The van der Waals surface area contributed by atoms with Gasteiger partial charge in [0.1, 0.15) is 0 Å². The van der Waals surface area contributed by atoms with Crippen molar-refractivity contribution in [2.24, 2.45) is 5.92 Å². The molecule has 1 aliphatic heterocycles. The van der Waals surface area contributed by atoms with Crippen molar-refractivity contribution in [3.8, 4) is 0 Å². The smallest absolute Gasteiger partial charge is 0.251 e. The molecule has 3 amide bonds. The number of benzene rings is 3. The molecule has 0 radical (unpaired) electrons. The highest BCUT2D eigenvalue weighted by atomic mass is 35.5. The first-order valence-electron chi connectivity index (χ1n) is 11.1. The number of carbonyl (C=O) groups excluding carboxylic acids is 3. The minimum atomic E-state index is -0.430. The van der Waals surface area contributed by atoms with Crippen LogP contribution in [0.3, 0.4) is 0 Å². The molecule has 1 unspecified atom stereocenters. The molecule has 1 atom stereocenters. The number of amides is 3. The van der Waals surface area contributed by atoms with Crippen molar-refractivity contribution in [2.75, 3.05) is 11.9 Å². The van der Waals surface area contributed by atoms with Gasteiger partial charge >= 0.3 is 0 Å². The van der Waals surface area contributed by atoms with E-state index >= 15 is 0 Å². The lowest BCUT2D eigenvalue weighted by molar-refractivity contribution is -0.128. The minimum absolute atomic E-state index is 0.0314. The number of hydrogen-bond donors (Lipinski definition) is 2. The summed E-state index contributed by atoms with van der Waals surface area (Å²) in [6.45, 7) is 3.25. The molecule has 3 aromatic carbocycles. The van der Waals surface area contributed by atoms with Crippen molar-refractivity contribution in [3.63, 3.8) is 0 Å². The lowest BCUT2D eigenvalue weighted by Gasteiger charge is -2.17. The van der Waals surface area contributed by atoms with Crippen molar-refractivity contribution in [2.45, 2.75) is 26.4 Å². The van der Waals surface area contributed by atoms with E-state index in [0.29, 0.717) is 35.9 Å². The molecule has 1 heterocycles. The fourth-order valence-corrected chi connectivity index (χ4v) is 4.01. The highest BCUT2D eigenvalue weighted by molar-refractivity contribution is 6.30. The van der Waals surface area contributed by atoms with Crippen molar-refractivity contribution in [1.29, 1.82) is 0 Å². The number of likely N-dealkylation sites (tertiary alicyclic amines) is 1. The summed E-state index contributed by atoms with van der Waals surface area (Å²) in [6.07, 6.45) is 0.180. The fraction of sp³-hybridized carbons (Fsp3) is 0.222. The first-order chi connectivity index (χ1) is 16.4. The van der Waals surface area contributed by atoms with Crippen LogP contribution < -0.4 is 10.6 Å². The van der Waals surface area contributed by atoms with Crippen molar-refractivity contribution in [3.05, 3.63) is 100 Å². The maximum Gasteiger partial charge on any atom is 0.251 e. The predicted octanol–water partition coefficient (Wildman–Crippen LogP) is 4.57. The molecule has 1 aliphatic rings. The van der Waals surface area contributed by atoms with Gasteiger partial charge in [0, 0.05) is 42.3 Å². The molecule has 4 rings (SSSR count). The van der Waals surface area contributed by atoms with Crippen LogP contribution in [-0.2, 0) is 22.7 Å². The van der Waals surface area contributed by atoms with Crippen LogP contribution in [0.1, 0.15) is 33.5 Å². The summed E-state index contributed by atoms with van der Waals surface area (Å²) in [7, 11) is 0. The number of anilines is 1. The van der Waals surface area contributed by atoms with Gasteiger partial charge in [0.15, 0.2) is 0 Å². The number of rotatable bonds is 7. The Kier molecular flexibility index (Phi) is 7.28. The molecule has 1 fully saturated rings. The number of carbonyl (C=O) groups is 3. The summed E-state index contributed by atoms with van der Waals surface area (Å²) in [5, 5.41) is 6.36. The molecular formula is C27H26ClN3O3. The summed E-state index contributed by atoms with van der Waals surface area (Å²) in [5.41, 5.74) is 4.10. The molecule has 2 N–H and O–H groups in total. The Labute approximate surface area is 203 Å². The Morgan fingerprint density at radius 3 is 2.44 bits per heavy atom. The third kappa shape index (κ3) is 6.02. The fourth-order valence-electron chi connectivity index (χ4n) is 3.88. The van der Waals surface area contributed by atoms with E-state index in [0.717, 1.165) is 16.7 Å². The second kappa shape index (κ2) is 10.5. The van der Waals surface area contributed by atoms with Crippen LogP contribution in [0.15, 0.2) is 72.8 Å². The zero-order valence-corrected chi connectivity index (χ0v) is 19.6. The average Bonchev–Trinajstić information content (AvgIpc) is 3.20. The van der Waals surface area contributed by atoms with Crippen LogP contribution in [0.2, 0.25) is 5.02 Å². The van der Waals surface area contributed by atoms with Crippen molar-refractivity contribution >= 4 is 35.0 Å². The summed E-state index contributed by atoms with van der Waals surface area (Å²) in [4.78, 5) is 39.5. The van der Waals surface area contributed by atoms with E-state index in [1.54, 1.807) is 41.3 Å². The molecule has 0 spiro atoms. The van der Waals surface area contributed by atoms with Crippen LogP contribution >= 0.6 is 11.6 Å². The van der Waals surface area contributed by atoms with E-state index < -0.39 is 5.92 Å². The SMILES string of the molecule is Cc1ccc(CN2CC(C(=O)Nc3cccc(C(=O)NCc4ccc(Cl)cc4)c3)CC2=O)cc1. The first kappa shape index (κ1) is 23.5. The lowest BCUT2D eigenvalue weighted by atomic mass is 10.1. The van der Waals surface area contributed by atoms with Gasteiger partial charge in [-0.3, -0.25) is 14.4 Å². The second-order valence-corrected chi connectivity index (χ2v) is 8.98. The first-order valence-corrected chi connectivity index (χ1v) is 11.5. The van der Waals surface area contributed by atoms with Crippen LogP contribution in [0, 0.1) is 12.8 Å². The molecule has 1 saturated heterocycles. The third-order valence-corrected chi connectivity index (χ3v) is 6.09. The number of nitrogens with one attached hydrogen (secondary N) is 2. The Bertz CT molecular complexity index is 1190. The van der Waals surface area contributed by atoms with E-state index in [2.05, 4.69) is 10.6 Å². The maximum absolute atomic E-state index is 12.8. The summed E-state index contributed by atoms with van der Waals surface area (Å²) in [5.74, 6) is -0.929. The zero-order valence-electron chi connectivity index (χ0n) is 18.9. The molecule has 3 aromatic rings. The number of nitrogens with zero attached hydrogens (tertiary/aromatic N) is 1. The average molecular weight is 476 g/mol. The number of aryl methyl sites for hydroxylation is 1. The quantitative estimate of drug-likeness (QED) is 0.525. The van der Waals surface area contributed by atoms with Gasteiger partial charge in [0.2, 0.25) is 11.8 Å².